The topological polar surface area (TPSA) is 60.0 Å². The Balaban J connectivity index is 0.00000529. The van der Waals surface area contributed by atoms with Crippen LogP contribution in [0, 0.1) is 0 Å². The Morgan fingerprint density at radius 3 is 2.62 bits per heavy atom. The molecule has 0 aromatic rings. The van der Waals surface area contributed by atoms with Crippen molar-refractivity contribution >= 4 is 35.8 Å². The van der Waals surface area contributed by atoms with E-state index in [1.165, 1.54) is 45.2 Å². The molecule has 1 amide bonds. The van der Waals surface area contributed by atoms with Crippen LogP contribution in [-0.2, 0) is 4.79 Å². The molecule has 0 radical (unpaired) electrons. The predicted octanol–water partition coefficient (Wildman–Crippen LogP) is 1.90. The number of likely N-dealkylation sites (tertiary alicyclic amines) is 1. The van der Waals surface area contributed by atoms with Crippen LogP contribution in [0.2, 0.25) is 0 Å². The van der Waals surface area contributed by atoms with E-state index < -0.39 is 0 Å². The quantitative estimate of drug-likeness (QED) is 0.335. The summed E-state index contributed by atoms with van der Waals surface area (Å²) in [6, 6.07) is 0.573. The molecule has 1 unspecified atom stereocenters. The Morgan fingerprint density at radius 2 is 2.00 bits per heavy atom. The van der Waals surface area contributed by atoms with E-state index in [0.717, 1.165) is 19.0 Å². The van der Waals surface area contributed by atoms with E-state index in [1.54, 1.807) is 19.0 Å². The van der Waals surface area contributed by atoms with E-state index in [-0.39, 0.29) is 36.4 Å². The van der Waals surface area contributed by atoms with Gasteiger partial charge in [0.2, 0.25) is 5.91 Å². The Hall–Kier alpha value is -0.570. The van der Waals surface area contributed by atoms with E-state index >= 15 is 0 Å². The van der Waals surface area contributed by atoms with Gasteiger partial charge in [0.15, 0.2) is 5.96 Å². The number of halogens is 1. The number of carbonyl (C=O) groups is 1. The molecule has 0 saturated carbocycles. The number of aliphatic imine (C=N–C) groups is 1. The molecule has 1 rings (SSSR count). The van der Waals surface area contributed by atoms with Crippen molar-refractivity contribution < 1.29 is 4.79 Å². The molecule has 0 aliphatic carbocycles. The third-order valence-electron chi connectivity index (χ3n) is 4.27. The van der Waals surface area contributed by atoms with Gasteiger partial charge in [-0.2, -0.15) is 0 Å². The second kappa shape index (κ2) is 13.7. The predicted molar refractivity (Wildman–Crippen MR) is 112 cm³/mol. The fourth-order valence-electron chi connectivity index (χ4n) is 2.79. The van der Waals surface area contributed by atoms with Crippen LogP contribution < -0.4 is 10.6 Å². The maximum Gasteiger partial charge on any atom is 0.243 e. The van der Waals surface area contributed by atoms with Gasteiger partial charge in [0, 0.05) is 33.2 Å². The van der Waals surface area contributed by atoms with Gasteiger partial charge in [0.25, 0.3) is 0 Å². The van der Waals surface area contributed by atoms with Crippen LogP contribution in [0.5, 0.6) is 0 Å². The normalized spacial score (nSPS) is 18.7. The third-order valence-corrected chi connectivity index (χ3v) is 4.27. The lowest BCUT2D eigenvalue weighted by atomic mass is 10.0. The van der Waals surface area contributed by atoms with Crippen molar-refractivity contribution in [2.24, 2.45) is 4.99 Å². The molecule has 0 aromatic heterocycles. The first-order chi connectivity index (χ1) is 11.1. The third kappa shape index (κ3) is 9.05. The number of nitrogens with one attached hydrogen (secondary N) is 2. The van der Waals surface area contributed by atoms with E-state index in [2.05, 4.69) is 27.4 Å². The largest absolute Gasteiger partial charge is 0.357 e. The summed E-state index contributed by atoms with van der Waals surface area (Å²) in [5, 5.41) is 6.64. The number of nitrogens with zero attached hydrogens (tertiary/aromatic N) is 3. The van der Waals surface area contributed by atoms with Crippen LogP contribution in [0.1, 0.15) is 46.0 Å². The van der Waals surface area contributed by atoms with Crippen LogP contribution in [0.4, 0.5) is 0 Å². The zero-order chi connectivity index (χ0) is 17.1. The van der Waals surface area contributed by atoms with Gasteiger partial charge in [0.1, 0.15) is 6.54 Å². The smallest absolute Gasteiger partial charge is 0.243 e. The standard InChI is InChI=1S/C17H35N5O.HI/c1-5-7-11-22-12-9-8-10-15(22)13-19-17(18-6-2)20-14-16(23)21(3)4;/h15H,5-14H2,1-4H3,(H2,18,19,20);1H. The van der Waals surface area contributed by atoms with Gasteiger partial charge in [0.05, 0.1) is 0 Å². The number of unbranched alkanes of at least 4 members (excludes halogenated alkanes) is 1. The molecule has 0 bridgehead atoms. The van der Waals surface area contributed by atoms with E-state index in [9.17, 15) is 4.79 Å². The van der Waals surface area contributed by atoms with Crippen molar-refractivity contribution in [1.82, 2.24) is 20.4 Å². The zero-order valence-corrected chi connectivity index (χ0v) is 18.1. The second-order valence-corrected chi connectivity index (χ2v) is 6.40. The van der Waals surface area contributed by atoms with Gasteiger partial charge in [-0.15, -0.1) is 24.0 Å². The highest BCUT2D eigenvalue weighted by Crippen LogP contribution is 2.16. The van der Waals surface area contributed by atoms with Gasteiger partial charge in [-0.3, -0.25) is 9.69 Å². The fourth-order valence-corrected chi connectivity index (χ4v) is 2.79. The van der Waals surface area contributed by atoms with Gasteiger partial charge < -0.3 is 15.5 Å². The van der Waals surface area contributed by atoms with Crippen molar-refractivity contribution in [3.63, 3.8) is 0 Å². The number of guanidine groups is 1. The Labute approximate surface area is 164 Å². The lowest BCUT2D eigenvalue weighted by Gasteiger charge is -2.36. The molecule has 0 spiro atoms. The molecule has 1 fully saturated rings. The van der Waals surface area contributed by atoms with Gasteiger partial charge in [-0.05, 0) is 39.3 Å². The maximum atomic E-state index is 11.7. The summed E-state index contributed by atoms with van der Waals surface area (Å²) in [6.07, 6.45) is 6.37. The molecule has 7 heteroatoms. The van der Waals surface area contributed by atoms with Gasteiger partial charge in [-0.1, -0.05) is 19.8 Å². The molecule has 1 heterocycles. The molecule has 1 aliphatic heterocycles. The summed E-state index contributed by atoms with van der Waals surface area (Å²) in [5.41, 5.74) is 0. The average molecular weight is 453 g/mol. The number of amides is 1. The number of likely N-dealkylation sites (N-methyl/N-ethyl adjacent to an activating group) is 1. The minimum absolute atomic E-state index is 0. The van der Waals surface area contributed by atoms with Crippen molar-refractivity contribution in [2.75, 3.05) is 46.8 Å². The summed E-state index contributed by atoms with van der Waals surface area (Å²) in [4.78, 5) is 20.2. The first-order valence-electron chi connectivity index (χ1n) is 9.04. The minimum Gasteiger partial charge on any atom is -0.357 e. The number of piperidine rings is 1. The number of rotatable bonds is 8. The van der Waals surface area contributed by atoms with Crippen molar-refractivity contribution in [1.29, 1.82) is 0 Å². The lowest BCUT2D eigenvalue weighted by Crippen LogP contribution is -2.49. The molecule has 1 aliphatic rings. The van der Waals surface area contributed by atoms with Crippen LogP contribution >= 0.6 is 24.0 Å². The first-order valence-corrected chi connectivity index (χ1v) is 9.04. The first kappa shape index (κ1) is 23.4. The van der Waals surface area contributed by atoms with E-state index in [1.807, 2.05) is 6.92 Å². The minimum atomic E-state index is 0. The molecule has 1 saturated heterocycles. The van der Waals surface area contributed by atoms with E-state index in [4.69, 9.17) is 0 Å². The van der Waals surface area contributed by atoms with Crippen molar-refractivity contribution in [3.05, 3.63) is 0 Å². The average Bonchev–Trinajstić information content (AvgIpc) is 2.55. The van der Waals surface area contributed by atoms with Crippen LogP contribution in [-0.4, -0.2) is 74.5 Å². The van der Waals surface area contributed by atoms with E-state index in [0.29, 0.717) is 6.04 Å². The molecule has 0 aromatic carbocycles. The molecular formula is C17H36IN5O. The molecule has 142 valence electrons. The van der Waals surface area contributed by atoms with Crippen LogP contribution in [0.25, 0.3) is 0 Å². The highest BCUT2D eigenvalue weighted by atomic mass is 127. The summed E-state index contributed by atoms with van der Waals surface area (Å²) >= 11 is 0. The molecular weight excluding hydrogens is 417 g/mol. The fraction of sp³-hybridized carbons (Fsp3) is 0.882. The lowest BCUT2D eigenvalue weighted by molar-refractivity contribution is -0.127. The highest BCUT2D eigenvalue weighted by molar-refractivity contribution is 14.0. The Morgan fingerprint density at radius 1 is 1.25 bits per heavy atom. The monoisotopic (exact) mass is 453 g/mol. The Kier molecular flexibility index (Phi) is 13.4. The summed E-state index contributed by atoms with van der Waals surface area (Å²) in [5.74, 6) is 0.758. The molecule has 1 atom stereocenters. The van der Waals surface area contributed by atoms with Crippen LogP contribution in [0.15, 0.2) is 4.99 Å². The molecule has 2 N–H and O–H groups in total. The SMILES string of the molecule is CCCCN1CCCCC1CNC(=NCC(=O)N(C)C)NCC.I. The second-order valence-electron chi connectivity index (χ2n) is 6.40. The molecule has 6 nitrogen and oxygen atoms in total. The number of carbonyl (C=O) groups excluding carboxylic acids is 1. The Bertz CT molecular complexity index is 376. The summed E-state index contributed by atoms with van der Waals surface area (Å²) in [6.45, 7) is 8.56. The number of hydrogen-bond acceptors (Lipinski definition) is 3. The van der Waals surface area contributed by atoms with Crippen molar-refractivity contribution in [3.8, 4) is 0 Å². The van der Waals surface area contributed by atoms with Gasteiger partial charge >= 0.3 is 0 Å². The zero-order valence-electron chi connectivity index (χ0n) is 15.8. The molecule has 24 heavy (non-hydrogen) atoms. The summed E-state index contributed by atoms with van der Waals surface area (Å²) < 4.78 is 0. The number of hydrogen-bond donors (Lipinski definition) is 2. The maximum absolute atomic E-state index is 11.7. The summed E-state index contributed by atoms with van der Waals surface area (Å²) in [7, 11) is 3.51. The van der Waals surface area contributed by atoms with Crippen LogP contribution in [0.3, 0.4) is 0 Å². The van der Waals surface area contributed by atoms with Gasteiger partial charge in [-0.25, -0.2) is 4.99 Å². The van der Waals surface area contributed by atoms with Crippen molar-refractivity contribution in [2.45, 2.75) is 52.0 Å². The highest BCUT2D eigenvalue weighted by Gasteiger charge is 2.21.